The predicted octanol–water partition coefficient (Wildman–Crippen LogP) is 2.02. The Kier molecular flexibility index (Phi) is 6.34. The van der Waals surface area contributed by atoms with Gasteiger partial charge in [0, 0.05) is 32.1 Å². The monoisotopic (exact) mass is 425 g/mol. The largest absolute Gasteiger partial charge is 0.444 e. The normalized spacial score (nSPS) is 18.7. The van der Waals surface area contributed by atoms with Crippen LogP contribution in [0.3, 0.4) is 0 Å². The van der Waals surface area contributed by atoms with E-state index in [1.54, 1.807) is 17.0 Å². The summed E-state index contributed by atoms with van der Waals surface area (Å²) >= 11 is 3.14. The number of hydrogen-bond acceptors (Lipinski definition) is 4. The maximum absolute atomic E-state index is 12.6. The van der Waals surface area contributed by atoms with E-state index in [2.05, 4.69) is 21.2 Å². The topological polar surface area (TPSA) is 82.9 Å². The number of carbonyl (C=O) groups excluding carboxylic acids is 3. The number of likely N-dealkylation sites (tertiary alicyclic amines) is 2. The first kappa shape index (κ1) is 18.9. The molecular formula is C18H24BrN3O4. The molecule has 0 unspecified atom stereocenters. The SMILES string of the molecule is O=C(NCC(=O)N1CCC(C(=O)N2CCCCC2)CC1)c1ccc(Br)o1. The van der Waals surface area contributed by atoms with Gasteiger partial charge in [-0.05, 0) is 60.2 Å². The predicted molar refractivity (Wildman–Crippen MR) is 98.5 cm³/mol. The van der Waals surface area contributed by atoms with E-state index >= 15 is 0 Å². The zero-order valence-electron chi connectivity index (χ0n) is 14.7. The van der Waals surface area contributed by atoms with E-state index in [0.29, 0.717) is 30.6 Å². The number of furan rings is 1. The highest BCUT2D eigenvalue weighted by atomic mass is 79.9. The number of rotatable bonds is 4. The van der Waals surface area contributed by atoms with E-state index in [9.17, 15) is 14.4 Å². The number of piperidine rings is 2. The summed E-state index contributed by atoms with van der Waals surface area (Å²) in [5.41, 5.74) is 0. The molecule has 3 heterocycles. The lowest BCUT2D eigenvalue weighted by atomic mass is 9.94. The third kappa shape index (κ3) is 4.66. The molecule has 2 fully saturated rings. The standard InChI is InChI=1S/C18H24BrN3O4/c19-15-5-4-14(26-15)17(24)20-12-16(23)21-10-6-13(7-11-21)18(25)22-8-2-1-3-9-22/h4-5,13H,1-3,6-12H2,(H,20,24). The van der Waals surface area contributed by atoms with Gasteiger partial charge < -0.3 is 19.5 Å². The summed E-state index contributed by atoms with van der Waals surface area (Å²) in [4.78, 5) is 40.5. The van der Waals surface area contributed by atoms with Crippen molar-refractivity contribution < 1.29 is 18.8 Å². The average Bonchev–Trinajstić information content (AvgIpc) is 3.12. The minimum Gasteiger partial charge on any atom is -0.444 e. The van der Waals surface area contributed by atoms with Gasteiger partial charge in [0.05, 0.1) is 6.54 Å². The molecule has 1 aromatic rings. The molecule has 0 spiro atoms. The quantitative estimate of drug-likeness (QED) is 0.799. The number of nitrogens with one attached hydrogen (secondary N) is 1. The van der Waals surface area contributed by atoms with Crippen LogP contribution in [0.4, 0.5) is 0 Å². The first-order valence-corrected chi connectivity index (χ1v) is 9.94. The fraction of sp³-hybridized carbons (Fsp3) is 0.611. The van der Waals surface area contributed by atoms with Crippen LogP contribution < -0.4 is 5.32 Å². The van der Waals surface area contributed by atoms with Gasteiger partial charge >= 0.3 is 0 Å². The van der Waals surface area contributed by atoms with Crippen molar-refractivity contribution in [1.29, 1.82) is 0 Å². The molecule has 1 aromatic heterocycles. The molecule has 2 saturated heterocycles. The van der Waals surface area contributed by atoms with Crippen molar-refractivity contribution in [2.75, 3.05) is 32.7 Å². The van der Waals surface area contributed by atoms with Crippen LogP contribution in [-0.4, -0.2) is 60.2 Å². The Bertz CT molecular complexity index is 661. The summed E-state index contributed by atoms with van der Waals surface area (Å²) in [5, 5.41) is 2.58. The first-order valence-electron chi connectivity index (χ1n) is 9.14. The molecule has 0 aromatic carbocycles. The van der Waals surface area contributed by atoms with Crippen molar-refractivity contribution in [3.05, 3.63) is 22.6 Å². The summed E-state index contributed by atoms with van der Waals surface area (Å²) in [7, 11) is 0. The van der Waals surface area contributed by atoms with Gasteiger partial charge in [-0.3, -0.25) is 14.4 Å². The van der Waals surface area contributed by atoms with Gasteiger partial charge in [-0.15, -0.1) is 0 Å². The van der Waals surface area contributed by atoms with Crippen molar-refractivity contribution >= 4 is 33.7 Å². The summed E-state index contributed by atoms with van der Waals surface area (Å²) in [5.74, 6) is -0.122. The lowest BCUT2D eigenvalue weighted by Crippen LogP contribution is -2.47. The van der Waals surface area contributed by atoms with Gasteiger partial charge in [0.25, 0.3) is 5.91 Å². The maximum Gasteiger partial charge on any atom is 0.287 e. The highest BCUT2D eigenvalue weighted by Crippen LogP contribution is 2.22. The minimum absolute atomic E-state index is 0.0206. The molecule has 0 aliphatic carbocycles. The van der Waals surface area contributed by atoms with Crippen LogP contribution in [-0.2, 0) is 9.59 Å². The van der Waals surface area contributed by atoms with Crippen LogP contribution in [0.1, 0.15) is 42.7 Å². The molecule has 3 amide bonds. The van der Waals surface area contributed by atoms with Gasteiger partial charge in [-0.1, -0.05) is 0 Å². The van der Waals surface area contributed by atoms with Gasteiger partial charge in [0.2, 0.25) is 11.8 Å². The molecule has 8 heteroatoms. The number of halogens is 1. The van der Waals surface area contributed by atoms with E-state index in [4.69, 9.17) is 4.42 Å². The van der Waals surface area contributed by atoms with Crippen LogP contribution in [0.15, 0.2) is 21.2 Å². The molecule has 26 heavy (non-hydrogen) atoms. The molecule has 0 bridgehead atoms. The molecule has 7 nitrogen and oxygen atoms in total. The van der Waals surface area contributed by atoms with Crippen LogP contribution in [0.5, 0.6) is 0 Å². The Hall–Kier alpha value is -1.83. The van der Waals surface area contributed by atoms with E-state index in [-0.39, 0.29) is 30.0 Å². The molecule has 0 saturated carbocycles. The van der Waals surface area contributed by atoms with E-state index < -0.39 is 5.91 Å². The Morgan fingerprint density at radius 1 is 1.04 bits per heavy atom. The summed E-state index contributed by atoms with van der Waals surface area (Å²) in [6.07, 6.45) is 4.78. The average molecular weight is 426 g/mol. The zero-order chi connectivity index (χ0) is 18.5. The summed E-state index contributed by atoms with van der Waals surface area (Å²) < 4.78 is 5.63. The van der Waals surface area contributed by atoms with Gasteiger partial charge in [-0.2, -0.15) is 0 Å². The molecule has 142 valence electrons. The van der Waals surface area contributed by atoms with E-state index in [1.807, 2.05) is 4.90 Å². The smallest absolute Gasteiger partial charge is 0.287 e. The molecular weight excluding hydrogens is 402 g/mol. The van der Waals surface area contributed by atoms with Crippen LogP contribution in [0.2, 0.25) is 0 Å². The molecule has 1 N–H and O–H groups in total. The number of nitrogens with zero attached hydrogens (tertiary/aromatic N) is 2. The zero-order valence-corrected chi connectivity index (χ0v) is 16.3. The second kappa shape index (κ2) is 8.70. The Labute approximate surface area is 161 Å². The van der Waals surface area contributed by atoms with Gasteiger partial charge in [0.1, 0.15) is 0 Å². The van der Waals surface area contributed by atoms with Crippen LogP contribution >= 0.6 is 15.9 Å². The molecule has 2 aliphatic heterocycles. The highest BCUT2D eigenvalue weighted by Gasteiger charge is 2.30. The lowest BCUT2D eigenvalue weighted by Gasteiger charge is -2.35. The second-order valence-corrected chi connectivity index (χ2v) is 7.61. The number of carbonyl (C=O) groups is 3. The van der Waals surface area contributed by atoms with E-state index in [0.717, 1.165) is 25.9 Å². The van der Waals surface area contributed by atoms with Crippen LogP contribution in [0, 0.1) is 5.92 Å². The second-order valence-electron chi connectivity index (χ2n) is 6.83. The van der Waals surface area contributed by atoms with Crippen molar-refractivity contribution in [3.8, 4) is 0 Å². The molecule has 3 rings (SSSR count). The van der Waals surface area contributed by atoms with E-state index in [1.165, 1.54) is 6.42 Å². The molecule has 2 aliphatic rings. The fourth-order valence-corrected chi connectivity index (χ4v) is 3.85. The van der Waals surface area contributed by atoms with Crippen molar-refractivity contribution in [1.82, 2.24) is 15.1 Å². The third-order valence-electron chi connectivity index (χ3n) is 5.06. The Morgan fingerprint density at radius 2 is 1.73 bits per heavy atom. The third-order valence-corrected chi connectivity index (χ3v) is 5.49. The maximum atomic E-state index is 12.6. The van der Waals surface area contributed by atoms with Crippen LogP contribution in [0.25, 0.3) is 0 Å². The summed E-state index contributed by atoms with van der Waals surface area (Å²) in [6, 6.07) is 3.17. The molecule has 0 radical (unpaired) electrons. The van der Waals surface area contributed by atoms with Gasteiger partial charge in [0.15, 0.2) is 10.4 Å². The number of amides is 3. The lowest BCUT2D eigenvalue weighted by molar-refractivity contribution is -0.141. The van der Waals surface area contributed by atoms with Crippen molar-refractivity contribution in [2.24, 2.45) is 5.92 Å². The first-order chi connectivity index (χ1) is 12.5. The molecule has 0 atom stereocenters. The Balaban J connectivity index is 1.41. The van der Waals surface area contributed by atoms with Crippen molar-refractivity contribution in [3.63, 3.8) is 0 Å². The Morgan fingerprint density at radius 3 is 2.35 bits per heavy atom. The van der Waals surface area contributed by atoms with Crippen molar-refractivity contribution in [2.45, 2.75) is 32.1 Å². The van der Waals surface area contributed by atoms with Gasteiger partial charge in [-0.25, -0.2) is 0 Å². The minimum atomic E-state index is -0.417. The highest BCUT2D eigenvalue weighted by molar-refractivity contribution is 9.10. The number of hydrogen-bond donors (Lipinski definition) is 1. The summed E-state index contributed by atoms with van der Waals surface area (Å²) in [6.45, 7) is 2.79. The fourth-order valence-electron chi connectivity index (χ4n) is 3.54.